The van der Waals surface area contributed by atoms with Crippen LogP contribution in [0.5, 0.6) is 0 Å². The van der Waals surface area contributed by atoms with E-state index in [2.05, 4.69) is 33.2 Å². The Hall–Kier alpha value is -3.27. The van der Waals surface area contributed by atoms with Gasteiger partial charge in [-0.25, -0.2) is 9.97 Å². The van der Waals surface area contributed by atoms with Crippen molar-refractivity contribution in [3.63, 3.8) is 0 Å². The Kier molecular flexibility index (Phi) is 2.46. The molecule has 0 fully saturated rings. The number of furan rings is 1. The topological polar surface area (TPSA) is 51.8 Å². The van der Waals surface area contributed by atoms with Crippen molar-refractivity contribution in [2.75, 3.05) is 0 Å². The van der Waals surface area contributed by atoms with Crippen LogP contribution in [-0.2, 0) is 0 Å². The van der Waals surface area contributed by atoms with Crippen LogP contribution >= 0.6 is 0 Å². The fourth-order valence-electron chi connectivity index (χ4n) is 3.07. The molecule has 5 aromatic rings. The van der Waals surface area contributed by atoms with Gasteiger partial charge in [-0.1, -0.05) is 36.4 Å². The fourth-order valence-corrected chi connectivity index (χ4v) is 3.07. The van der Waals surface area contributed by atoms with Crippen molar-refractivity contribution >= 4 is 33.0 Å². The molecule has 0 atom stereocenters. The number of rotatable bonds is 1. The molecule has 0 spiro atoms. The molecule has 0 radical (unpaired) electrons. The zero-order chi connectivity index (χ0) is 15.2. The van der Waals surface area contributed by atoms with Crippen molar-refractivity contribution in [2.24, 2.45) is 0 Å². The molecule has 0 N–H and O–H groups in total. The van der Waals surface area contributed by atoms with Crippen LogP contribution in [-0.4, -0.2) is 15.0 Å². The van der Waals surface area contributed by atoms with Crippen LogP contribution in [0, 0.1) is 0 Å². The second-order valence-corrected chi connectivity index (χ2v) is 5.37. The molecule has 5 rings (SSSR count). The minimum Gasteiger partial charge on any atom is -0.436 e. The Morgan fingerprint density at radius 2 is 1.65 bits per heavy atom. The standard InChI is InChI=1S/C19H11N3O/c1-2-5-13-12(4-1)8-9-20-17(13)14-6-3-7-15-16(14)18-19(23-15)22-11-10-21-18/h1-11H. The van der Waals surface area contributed by atoms with Crippen molar-refractivity contribution in [2.45, 2.75) is 0 Å². The Bertz CT molecular complexity index is 1170. The lowest BCUT2D eigenvalue weighted by atomic mass is 10.0. The summed E-state index contributed by atoms with van der Waals surface area (Å²) in [7, 11) is 0. The zero-order valence-electron chi connectivity index (χ0n) is 12.1. The van der Waals surface area contributed by atoms with Crippen LogP contribution in [0.4, 0.5) is 0 Å². The summed E-state index contributed by atoms with van der Waals surface area (Å²) in [5.74, 6) is 0. The van der Waals surface area contributed by atoms with E-state index in [9.17, 15) is 0 Å². The summed E-state index contributed by atoms with van der Waals surface area (Å²) in [5.41, 5.74) is 4.04. The summed E-state index contributed by atoms with van der Waals surface area (Å²) >= 11 is 0. The monoisotopic (exact) mass is 297 g/mol. The van der Waals surface area contributed by atoms with E-state index in [1.54, 1.807) is 12.4 Å². The van der Waals surface area contributed by atoms with E-state index in [-0.39, 0.29) is 0 Å². The van der Waals surface area contributed by atoms with Crippen LogP contribution < -0.4 is 0 Å². The molecule has 108 valence electrons. The SMILES string of the molecule is c1ccc2c(-c3cccc4oc5nccnc5c34)nccc2c1. The highest BCUT2D eigenvalue weighted by atomic mass is 16.3. The lowest BCUT2D eigenvalue weighted by Crippen LogP contribution is -1.87. The lowest BCUT2D eigenvalue weighted by molar-refractivity contribution is 0.653. The van der Waals surface area contributed by atoms with Gasteiger partial charge < -0.3 is 4.42 Å². The second-order valence-electron chi connectivity index (χ2n) is 5.37. The van der Waals surface area contributed by atoms with E-state index >= 15 is 0 Å². The van der Waals surface area contributed by atoms with Crippen molar-refractivity contribution in [1.82, 2.24) is 15.0 Å². The third-order valence-electron chi connectivity index (χ3n) is 4.06. The molecule has 3 aromatic heterocycles. The zero-order valence-corrected chi connectivity index (χ0v) is 12.1. The lowest BCUT2D eigenvalue weighted by Gasteiger charge is -2.06. The Balaban J connectivity index is 1.96. The Morgan fingerprint density at radius 3 is 2.65 bits per heavy atom. The molecule has 0 aliphatic heterocycles. The van der Waals surface area contributed by atoms with Gasteiger partial charge in [0.25, 0.3) is 0 Å². The summed E-state index contributed by atoms with van der Waals surface area (Å²) in [5, 5.41) is 3.23. The molecule has 4 heteroatoms. The van der Waals surface area contributed by atoms with Gasteiger partial charge in [-0.2, -0.15) is 0 Å². The summed E-state index contributed by atoms with van der Waals surface area (Å²) in [4.78, 5) is 13.3. The molecule has 23 heavy (non-hydrogen) atoms. The Morgan fingerprint density at radius 1 is 0.739 bits per heavy atom. The minimum absolute atomic E-state index is 0.551. The molecule has 0 bridgehead atoms. The van der Waals surface area contributed by atoms with E-state index in [0.717, 1.165) is 38.5 Å². The van der Waals surface area contributed by atoms with Gasteiger partial charge in [-0.15, -0.1) is 0 Å². The first-order chi connectivity index (χ1) is 11.4. The molecule has 0 aliphatic carbocycles. The first-order valence-electron chi connectivity index (χ1n) is 7.38. The maximum absolute atomic E-state index is 5.83. The van der Waals surface area contributed by atoms with E-state index in [1.807, 2.05) is 36.5 Å². The summed E-state index contributed by atoms with van der Waals surface area (Å²) < 4.78 is 5.83. The van der Waals surface area contributed by atoms with Crippen molar-refractivity contribution in [3.8, 4) is 11.3 Å². The molecule has 4 nitrogen and oxygen atoms in total. The number of pyridine rings is 1. The predicted molar refractivity (Wildman–Crippen MR) is 90.0 cm³/mol. The fraction of sp³-hybridized carbons (Fsp3) is 0. The van der Waals surface area contributed by atoms with Crippen LogP contribution in [0.25, 0.3) is 44.2 Å². The summed E-state index contributed by atoms with van der Waals surface area (Å²) in [6.07, 6.45) is 5.16. The number of nitrogens with zero attached hydrogens (tertiary/aromatic N) is 3. The van der Waals surface area contributed by atoms with Gasteiger partial charge in [0, 0.05) is 29.5 Å². The number of benzene rings is 2. The van der Waals surface area contributed by atoms with Crippen molar-refractivity contribution in [3.05, 3.63) is 67.1 Å². The molecule has 2 aromatic carbocycles. The second kappa shape index (κ2) is 4.61. The molecule has 0 saturated heterocycles. The summed E-state index contributed by atoms with van der Waals surface area (Å²) in [6.45, 7) is 0. The molecule has 0 aliphatic rings. The third kappa shape index (κ3) is 1.75. The average molecular weight is 297 g/mol. The summed E-state index contributed by atoms with van der Waals surface area (Å²) in [6, 6.07) is 16.2. The van der Waals surface area contributed by atoms with Gasteiger partial charge in [0.05, 0.1) is 11.1 Å². The Labute approximate surface area is 131 Å². The predicted octanol–water partition coefficient (Wildman–Crippen LogP) is 4.59. The first kappa shape index (κ1) is 12.3. The molecule has 0 saturated carbocycles. The molecular weight excluding hydrogens is 286 g/mol. The van der Waals surface area contributed by atoms with Gasteiger partial charge >= 0.3 is 0 Å². The third-order valence-corrected chi connectivity index (χ3v) is 4.06. The van der Waals surface area contributed by atoms with Gasteiger partial charge in [0.2, 0.25) is 5.71 Å². The molecule has 0 amide bonds. The molecule has 0 unspecified atom stereocenters. The van der Waals surface area contributed by atoms with Crippen molar-refractivity contribution < 1.29 is 4.42 Å². The van der Waals surface area contributed by atoms with E-state index in [0.29, 0.717) is 5.71 Å². The normalized spacial score (nSPS) is 11.5. The maximum atomic E-state index is 5.83. The largest absolute Gasteiger partial charge is 0.436 e. The number of aromatic nitrogens is 3. The van der Waals surface area contributed by atoms with Crippen LogP contribution in [0.2, 0.25) is 0 Å². The number of hydrogen-bond acceptors (Lipinski definition) is 4. The van der Waals surface area contributed by atoms with Crippen LogP contribution in [0.15, 0.2) is 71.5 Å². The minimum atomic E-state index is 0.551. The van der Waals surface area contributed by atoms with E-state index in [1.165, 1.54) is 0 Å². The van der Waals surface area contributed by atoms with Gasteiger partial charge in [0.15, 0.2) is 0 Å². The van der Waals surface area contributed by atoms with Gasteiger partial charge in [-0.05, 0) is 17.5 Å². The van der Waals surface area contributed by atoms with E-state index in [4.69, 9.17) is 4.42 Å². The average Bonchev–Trinajstić information content (AvgIpc) is 3.00. The highest BCUT2D eigenvalue weighted by molar-refractivity contribution is 6.12. The first-order valence-corrected chi connectivity index (χ1v) is 7.38. The highest BCUT2D eigenvalue weighted by Gasteiger charge is 2.16. The number of hydrogen-bond donors (Lipinski definition) is 0. The maximum Gasteiger partial charge on any atom is 0.246 e. The van der Waals surface area contributed by atoms with Crippen LogP contribution in [0.1, 0.15) is 0 Å². The van der Waals surface area contributed by atoms with Gasteiger partial charge in [-0.3, -0.25) is 4.98 Å². The van der Waals surface area contributed by atoms with E-state index < -0.39 is 0 Å². The smallest absolute Gasteiger partial charge is 0.246 e. The van der Waals surface area contributed by atoms with Crippen LogP contribution in [0.3, 0.4) is 0 Å². The molecular formula is C19H11N3O. The quantitative estimate of drug-likeness (QED) is 0.454. The molecule has 3 heterocycles. The number of fused-ring (bicyclic) bond motifs is 4. The van der Waals surface area contributed by atoms with Crippen molar-refractivity contribution in [1.29, 1.82) is 0 Å². The highest BCUT2D eigenvalue weighted by Crippen LogP contribution is 2.36. The van der Waals surface area contributed by atoms with Gasteiger partial charge in [0.1, 0.15) is 11.1 Å².